The van der Waals surface area contributed by atoms with E-state index in [1.165, 1.54) is 77.0 Å². The molecule has 8 nitrogen and oxygen atoms in total. The number of quaternary nitrogens is 1. The van der Waals surface area contributed by atoms with Crippen molar-refractivity contribution < 1.29 is 32.9 Å². The molecule has 0 aliphatic heterocycles. The van der Waals surface area contributed by atoms with Crippen LogP contribution in [0.4, 0.5) is 0 Å². The first kappa shape index (κ1) is 42.0. The number of carbonyl (C=O) groups is 1. The van der Waals surface area contributed by atoms with Gasteiger partial charge in [0.2, 0.25) is 5.91 Å². The van der Waals surface area contributed by atoms with E-state index >= 15 is 0 Å². The summed E-state index contributed by atoms with van der Waals surface area (Å²) in [6.45, 7) is 4.70. The van der Waals surface area contributed by atoms with Crippen molar-refractivity contribution in [1.29, 1.82) is 0 Å². The number of nitrogens with zero attached hydrogens (tertiary/aromatic N) is 1. The molecule has 0 saturated heterocycles. The Balaban J connectivity index is 4.63. The molecule has 3 N–H and O–H groups in total. The Labute approximate surface area is 264 Å². The number of likely N-dealkylation sites (N-methyl/N-ethyl adjacent to an activating group) is 1. The second kappa shape index (κ2) is 27.3. The molecule has 0 saturated carbocycles. The summed E-state index contributed by atoms with van der Waals surface area (Å²) in [5.74, 6) is -0.197. The molecule has 3 atom stereocenters. The van der Waals surface area contributed by atoms with E-state index in [4.69, 9.17) is 9.05 Å². The molecule has 0 aliphatic carbocycles. The number of aliphatic hydroxyl groups is 1. The van der Waals surface area contributed by atoms with Crippen LogP contribution in [0, 0.1) is 0 Å². The van der Waals surface area contributed by atoms with Crippen molar-refractivity contribution in [3.63, 3.8) is 0 Å². The van der Waals surface area contributed by atoms with E-state index in [0.717, 1.165) is 38.5 Å². The number of allylic oxidation sites excluding steroid dienone is 3. The average molecular weight is 632 g/mol. The minimum absolute atomic E-state index is 0.0571. The number of nitrogens with one attached hydrogen (secondary N) is 1. The van der Waals surface area contributed by atoms with Crippen molar-refractivity contribution in [2.24, 2.45) is 0 Å². The fraction of sp³-hybridized carbons (Fsp3) is 0.853. The lowest BCUT2D eigenvalue weighted by Crippen LogP contribution is -2.45. The van der Waals surface area contributed by atoms with Crippen LogP contribution in [0.3, 0.4) is 0 Å². The molecule has 0 aromatic heterocycles. The average Bonchev–Trinajstić information content (AvgIpc) is 2.94. The summed E-state index contributed by atoms with van der Waals surface area (Å²) in [7, 11) is 1.55. The number of rotatable bonds is 30. The summed E-state index contributed by atoms with van der Waals surface area (Å²) in [5.41, 5.74) is 0. The molecular weight excluding hydrogens is 563 g/mol. The maximum atomic E-state index is 12.6. The number of carbonyl (C=O) groups excluding carboxylic acids is 1. The van der Waals surface area contributed by atoms with Gasteiger partial charge in [-0.05, 0) is 32.1 Å². The molecule has 1 unspecified atom stereocenters. The van der Waals surface area contributed by atoms with Crippen molar-refractivity contribution in [3.05, 3.63) is 24.3 Å². The minimum Gasteiger partial charge on any atom is -0.387 e. The number of hydrogen-bond donors (Lipinski definition) is 3. The Morgan fingerprint density at radius 2 is 1.28 bits per heavy atom. The molecule has 0 aliphatic rings. The SMILES string of the molecule is CCCCCCCCCC/C=C/CC/C=C/[C@H](O)[C@@H](COP(=O)(O)OCC[N+](C)(C)C)NC(=O)CCCCCCCCC. The lowest BCUT2D eigenvalue weighted by molar-refractivity contribution is -0.870. The molecule has 0 aromatic carbocycles. The van der Waals surface area contributed by atoms with Crippen molar-refractivity contribution in [1.82, 2.24) is 5.32 Å². The Kier molecular flexibility index (Phi) is 26.7. The molecule has 0 radical (unpaired) electrons. The monoisotopic (exact) mass is 631 g/mol. The third-order valence-electron chi connectivity index (χ3n) is 7.42. The van der Waals surface area contributed by atoms with Gasteiger partial charge in [-0.25, -0.2) is 4.57 Å². The summed E-state index contributed by atoms with van der Waals surface area (Å²) in [5, 5.41) is 13.6. The van der Waals surface area contributed by atoms with Crippen LogP contribution in [0.2, 0.25) is 0 Å². The first-order chi connectivity index (χ1) is 20.5. The van der Waals surface area contributed by atoms with E-state index in [9.17, 15) is 19.4 Å². The number of aliphatic hydroxyl groups excluding tert-OH is 1. The summed E-state index contributed by atoms with van der Waals surface area (Å²) in [6.07, 6.45) is 28.3. The van der Waals surface area contributed by atoms with E-state index in [-0.39, 0.29) is 19.1 Å². The van der Waals surface area contributed by atoms with Crippen molar-refractivity contribution in [2.45, 2.75) is 148 Å². The second-order valence-corrected chi connectivity index (χ2v) is 14.3. The van der Waals surface area contributed by atoms with Crippen molar-refractivity contribution in [2.75, 3.05) is 40.9 Å². The van der Waals surface area contributed by atoms with Crippen LogP contribution in [-0.2, 0) is 18.4 Å². The highest BCUT2D eigenvalue weighted by atomic mass is 31.2. The molecule has 0 heterocycles. The maximum Gasteiger partial charge on any atom is 0.472 e. The van der Waals surface area contributed by atoms with Crippen LogP contribution in [-0.4, -0.2) is 73.4 Å². The molecule has 1 amide bonds. The van der Waals surface area contributed by atoms with E-state index in [1.807, 2.05) is 27.2 Å². The van der Waals surface area contributed by atoms with Crippen LogP contribution < -0.4 is 5.32 Å². The predicted octanol–water partition coefficient (Wildman–Crippen LogP) is 8.24. The van der Waals surface area contributed by atoms with Crippen LogP contribution in [0.25, 0.3) is 0 Å². The van der Waals surface area contributed by atoms with E-state index in [2.05, 4.69) is 31.3 Å². The van der Waals surface area contributed by atoms with Crippen LogP contribution in [0.5, 0.6) is 0 Å². The number of unbranched alkanes of at least 4 members (excludes halogenated alkanes) is 15. The van der Waals surface area contributed by atoms with Gasteiger partial charge in [0.05, 0.1) is 39.9 Å². The van der Waals surface area contributed by atoms with Gasteiger partial charge < -0.3 is 19.8 Å². The Bertz CT molecular complexity index is 768. The molecule has 0 aromatic rings. The van der Waals surface area contributed by atoms with Crippen molar-refractivity contribution >= 4 is 13.7 Å². The number of amides is 1. The highest BCUT2D eigenvalue weighted by molar-refractivity contribution is 7.47. The number of phosphoric ester groups is 1. The predicted molar refractivity (Wildman–Crippen MR) is 180 cm³/mol. The summed E-state index contributed by atoms with van der Waals surface area (Å²) in [6, 6.07) is -0.853. The molecule has 0 bridgehead atoms. The zero-order valence-corrected chi connectivity index (χ0v) is 29.3. The molecule has 254 valence electrons. The normalized spacial score (nSPS) is 15.2. The quantitative estimate of drug-likeness (QED) is 0.0319. The number of phosphoric acid groups is 1. The number of hydrogen-bond acceptors (Lipinski definition) is 5. The molecule has 0 fully saturated rings. The van der Waals surface area contributed by atoms with Crippen molar-refractivity contribution in [3.8, 4) is 0 Å². The molecule has 0 rings (SSSR count). The Morgan fingerprint density at radius 3 is 1.86 bits per heavy atom. The van der Waals surface area contributed by atoms with Gasteiger partial charge in [-0.1, -0.05) is 122 Å². The minimum atomic E-state index is -4.32. The van der Waals surface area contributed by atoms with Crippen LogP contribution in [0.1, 0.15) is 136 Å². The summed E-state index contributed by atoms with van der Waals surface area (Å²) in [4.78, 5) is 22.8. The Hall–Kier alpha value is -1.02. The van der Waals surface area contributed by atoms with Gasteiger partial charge in [0.25, 0.3) is 0 Å². The second-order valence-electron chi connectivity index (χ2n) is 12.9. The third kappa shape index (κ3) is 29.5. The third-order valence-corrected chi connectivity index (χ3v) is 8.41. The Morgan fingerprint density at radius 1 is 0.767 bits per heavy atom. The molecule has 0 spiro atoms. The maximum absolute atomic E-state index is 12.6. The molecular formula is C34H68N2O6P+. The highest BCUT2D eigenvalue weighted by Gasteiger charge is 2.27. The molecule has 9 heteroatoms. The van der Waals surface area contributed by atoms with Gasteiger partial charge in [0.1, 0.15) is 13.2 Å². The zero-order chi connectivity index (χ0) is 32.2. The lowest BCUT2D eigenvalue weighted by atomic mass is 10.1. The van der Waals surface area contributed by atoms with Gasteiger partial charge in [-0.2, -0.15) is 0 Å². The zero-order valence-electron chi connectivity index (χ0n) is 28.4. The van der Waals surface area contributed by atoms with Gasteiger partial charge in [0, 0.05) is 6.42 Å². The lowest BCUT2D eigenvalue weighted by Gasteiger charge is -2.25. The van der Waals surface area contributed by atoms with Crippen LogP contribution in [0.15, 0.2) is 24.3 Å². The fourth-order valence-corrected chi connectivity index (χ4v) is 5.32. The smallest absolute Gasteiger partial charge is 0.387 e. The van der Waals surface area contributed by atoms with Crippen LogP contribution >= 0.6 is 7.82 Å². The van der Waals surface area contributed by atoms with Gasteiger partial charge in [0.15, 0.2) is 0 Å². The summed E-state index contributed by atoms with van der Waals surface area (Å²) < 4.78 is 23.3. The van der Waals surface area contributed by atoms with E-state index in [0.29, 0.717) is 17.4 Å². The highest BCUT2D eigenvalue weighted by Crippen LogP contribution is 2.43. The summed E-state index contributed by atoms with van der Waals surface area (Å²) >= 11 is 0. The topological polar surface area (TPSA) is 105 Å². The van der Waals surface area contributed by atoms with Gasteiger partial charge in [-0.15, -0.1) is 0 Å². The van der Waals surface area contributed by atoms with E-state index in [1.54, 1.807) is 6.08 Å². The largest absolute Gasteiger partial charge is 0.472 e. The standard InChI is InChI=1S/C34H67N2O6P/c1-6-8-10-12-14-15-16-17-18-19-20-22-23-25-27-33(37)32(31-42-43(39,40)41-30-29-36(3,4)5)35-34(38)28-26-24-21-13-11-9-7-2/h19-20,25,27,32-33,37H,6-18,21-24,26,28-31H2,1-5H3,(H-,35,38,39,40)/p+1/b20-19+,27-25+/t32-,33+/m1/s1. The van der Waals surface area contributed by atoms with Gasteiger partial charge in [-0.3, -0.25) is 13.8 Å². The fourth-order valence-electron chi connectivity index (χ4n) is 4.58. The van der Waals surface area contributed by atoms with E-state index < -0.39 is 20.0 Å². The first-order valence-electron chi connectivity index (χ1n) is 17.2. The van der Waals surface area contributed by atoms with Gasteiger partial charge >= 0.3 is 7.82 Å². The first-order valence-corrected chi connectivity index (χ1v) is 18.7. The molecule has 43 heavy (non-hydrogen) atoms.